The third kappa shape index (κ3) is 3.57. The lowest BCUT2D eigenvalue weighted by Gasteiger charge is -2.30. The van der Waals surface area contributed by atoms with Crippen LogP contribution in [-0.2, 0) is 0 Å². The monoisotopic (exact) mass is 765 g/mol. The van der Waals surface area contributed by atoms with E-state index in [2.05, 4.69) is 161 Å². The zero-order valence-electron chi connectivity index (χ0n) is 32.1. The van der Waals surface area contributed by atoms with Crippen LogP contribution in [0.1, 0.15) is 100 Å². The average molecular weight is 766 g/mol. The number of fused-ring (bicyclic) bond motifs is 8. The highest BCUT2D eigenvalue weighted by atomic mass is 16.1. The second-order valence-electron chi connectivity index (χ2n) is 17.2. The molecule has 11 aromatic rings. The molecule has 278 valence electrons. The molecule has 5 heteroatoms. The number of carbonyl (C=O) groups is 2. The Kier molecular flexibility index (Phi) is 5.59. The highest BCUT2D eigenvalue weighted by molar-refractivity contribution is 6.31. The number of hydrogen-bond donors (Lipinski definition) is 0. The normalized spacial score (nSPS) is 19.4. The SMILES string of the molecule is O=C1c2cc3c(cc2C2c4ccccc4C1c1ccccc12)c1cc2ncn(-c4ccccc4)c2c2c4cc5c(cc4n3c12)C(=O)C1c2ccccc2C5c2ccccc21. The zero-order chi connectivity index (χ0) is 39.1. The van der Waals surface area contributed by atoms with Crippen molar-refractivity contribution in [2.24, 2.45) is 0 Å². The van der Waals surface area contributed by atoms with E-state index >= 15 is 9.59 Å². The number of para-hydroxylation sites is 1. The lowest BCUT2D eigenvalue weighted by atomic mass is 9.72. The summed E-state index contributed by atoms with van der Waals surface area (Å²) in [5, 5.41) is 4.36. The first-order chi connectivity index (χ1) is 29.6. The summed E-state index contributed by atoms with van der Waals surface area (Å²) in [6.45, 7) is 0. The Bertz CT molecular complexity index is 3700. The van der Waals surface area contributed by atoms with E-state index < -0.39 is 0 Å². The number of aromatic nitrogens is 3. The van der Waals surface area contributed by atoms with Gasteiger partial charge >= 0.3 is 0 Å². The Morgan fingerprint density at radius 3 is 1.33 bits per heavy atom. The van der Waals surface area contributed by atoms with Gasteiger partial charge in [0.2, 0.25) is 0 Å². The van der Waals surface area contributed by atoms with Crippen LogP contribution in [0.15, 0.2) is 164 Å². The fourth-order valence-corrected chi connectivity index (χ4v) is 12.3. The van der Waals surface area contributed by atoms with E-state index in [1.165, 1.54) is 22.3 Å². The molecule has 0 saturated carbocycles. The molecular weight excluding hydrogens is 735 g/mol. The van der Waals surface area contributed by atoms with E-state index in [0.717, 1.165) is 99.3 Å². The number of ketones is 2. The minimum atomic E-state index is -0.378. The maximum absolute atomic E-state index is 15.2. The average Bonchev–Trinajstić information content (AvgIpc) is 3.88. The Balaban J connectivity index is 1.11. The Hall–Kier alpha value is -7.63. The summed E-state index contributed by atoms with van der Waals surface area (Å²) >= 11 is 0. The lowest BCUT2D eigenvalue weighted by molar-refractivity contribution is 0.0966. The van der Waals surface area contributed by atoms with E-state index in [4.69, 9.17) is 4.98 Å². The van der Waals surface area contributed by atoms with Gasteiger partial charge in [0.25, 0.3) is 0 Å². The van der Waals surface area contributed by atoms with Gasteiger partial charge < -0.3 is 4.40 Å². The number of Topliss-reactive ketones (excluding diaryl/α,β-unsaturated/α-hetero) is 2. The minimum absolute atomic E-state index is 0.0688. The van der Waals surface area contributed by atoms with Crippen LogP contribution in [0.4, 0.5) is 0 Å². The molecule has 0 radical (unpaired) electrons. The molecule has 3 aromatic heterocycles. The topological polar surface area (TPSA) is 56.4 Å². The van der Waals surface area contributed by atoms with Crippen LogP contribution in [-0.4, -0.2) is 25.5 Å². The smallest absolute Gasteiger partial charge is 0.175 e. The number of imidazole rings is 1. The van der Waals surface area contributed by atoms with Gasteiger partial charge in [0, 0.05) is 50.2 Å². The first-order valence-corrected chi connectivity index (χ1v) is 20.8. The van der Waals surface area contributed by atoms with E-state index in [1.807, 2.05) is 12.4 Å². The fourth-order valence-electron chi connectivity index (χ4n) is 12.3. The van der Waals surface area contributed by atoms with Crippen LogP contribution in [0.2, 0.25) is 0 Å². The molecule has 6 aliphatic rings. The molecule has 3 heterocycles. The first kappa shape index (κ1) is 31.4. The highest BCUT2D eigenvalue weighted by Gasteiger charge is 2.45. The summed E-state index contributed by atoms with van der Waals surface area (Å²) in [5.74, 6) is -0.639. The molecule has 8 aromatic carbocycles. The second-order valence-corrected chi connectivity index (χ2v) is 17.2. The van der Waals surface area contributed by atoms with Gasteiger partial charge in [-0.25, -0.2) is 4.98 Å². The van der Waals surface area contributed by atoms with Gasteiger partial charge in [-0.05, 0) is 98.1 Å². The number of rotatable bonds is 1. The molecule has 6 aliphatic carbocycles. The predicted octanol–water partition coefficient (Wildman–Crippen LogP) is 11.8. The molecule has 0 spiro atoms. The van der Waals surface area contributed by atoms with Crippen molar-refractivity contribution in [3.05, 3.63) is 231 Å². The molecule has 0 unspecified atom stereocenters. The lowest BCUT2D eigenvalue weighted by Crippen LogP contribution is -2.19. The number of nitrogens with zero attached hydrogens (tertiary/aromatic N) is 3. The van der Waals surface area contributed by atoms with Crippen LogP contribution >= 0.6 is 0 Å². The minimum Gasteiger partial charge on any atom is -0.308 e. The van der Waals surface area contributed by atoms with Crippen molar-refractivity contribution in [1.29, 1.82) is 0 Å². The summed E-state index contributed by atoms with van der Waals surface area (Å²) in [7, 11) is 0. The van der Waals surface area contributed by atoms with Crippen molar-refractivity contribution in [3.63, 3.8) is 0 Å². The van der Waals surface area contributed by atoms with Gasteiger partial charge in [0.05, 0.1) is 39.4 Å². The van der Waals surface area contributed by atoms with Gasteiger partial charge in [-0.15, -0.1) is 0 Å². The molecule has 0 aliphatic heterocycles. The molecule has 0 saturated heterocycles. The van der Waals surface area contributed by atoms with Crippen molar-refractivity contribution in [2.45, 2.75) is 23.7 Å². The number of benzene rings is 8. The third-order valence-corrected chi connectivity index (χ3v) is 14.6. The van der Waals surface area contributed by atoms with Crippen LogP contribution < -0.4 is 0 Å². The molecule has 60 heavy (non-hydrogen) atoms. The largest absolute Gasteiger partial charge is 0.308 e. The van der Waals surface area contributed by atoms with Crippen LogP contribution in [0, 0.1) is 0 Å². The van der Waals surface area contributed by atoms with Gasteiger partial charge in [-0.1, -0.05) is 115 Å². The van der Waals surface area contributed by atoms with Crippen molar-refractivity contribution >= 4 is 60.7 Å². The summed E-state index contributed by atoms with van der Waals surface area (Å²) in [6.07, 6.45) is 1.94. The molecule has 0 atom stereocenters. The Morgan fingerprint density at radius 2 is 0.833 bits per heavy atom. The maximum atomic E-state index is 15.2. The summed E-state index contributed by atoms with van der Waals surface area (Å²) in [6, 6.07) is 55.7. The second kappa shape index (κ2) is 10.7. The van der Waals surface area contributed by atoms with Gasteiger partial charge in [-0.2, -0.15) is 0 Å². The summed E-state index contributed by atoms with van der Waals surface area (Å²) < 4.78 is 4.57. The van der Waals surface area contributed by atoms with E-state index in [1.54, 1.807) is 0 Å². The number of carbonyl (C=O) groups excluding carboxylic acids is 2. The molecule has 17 rings (SSSR count). The number of hydrogen-bond acceptors (Lipinski definition) is 3. The van der Waals surface area contributed by atoms with E-state index in [9.17, 15) is 0 Å². The van der Waals surface area contributed by atoms with Crippen molar-refractivity contribution in [3.8, 4) is 5.69 Å². The highest BCUT2D eigenvalue weighted by Crippen LogP contribution is 2.56. The van der Waals surface area contributed by atoms with Crippen molar-refractivity contribution in [2.75, 3.05) is 0 Å². The van der Waals surface area contributed by atoms with Gasteiger partial charge in [0.15, 0.2) is 11.6 Å². The molecule has 0 amide bonds. The van der Waals surface area contributed by atoms with Crippen LogP contribution in [0.3, 0.4) is 0 Å². The summed E-state index contributed by atoms with van der Waals surface area (Å²) in [4.78, 5) is 35.5. The molecule has 4 bridgehead atoms. The van der Waals surface area contributed by atoms with Crippen molar-refractivity contribution in [1.82, 2.24) is 14.0 Å². The summed E-state index contributed by atoms with van der Waals surface area (Å²) in [5.41, 5.74) is 18.8. The van der Waals surface area contributed by atoms with Gasteiger partial charge in [0.1, 0.15) is 6.33 Å². The zero-order valence-corrected chi connectivity index (χ0v) is 32.1. The van der Waals surface area contributed by atoms with Gasteiger partial charge in [-0.3, -0.25) is 14.2 Å². The predicted molar refractivity (Wildman–Crippen MR) is 236 cm³/mol. The molecule has 0 N–H and O–H groups in total. The molecular formula is C55H31N3O2. The molecule has 0 fully saturated rings. The maximum Gasteiger partial charge on any atom is 0.175 e. The standard InChI is InChI=1S/C55H31N3O2/c59-54-41-25-45-37(22-38(41)47-29-14-4-8-18-33(29)49(54)34-19-9-5-15-30(34)47)40-24-44-53(57(27-56-44)28-12-2-1-3-13-28)51-43-23-39-42(26-46(43)58(45)52(40)51)55(60)50-35-20-10-6-16-31(35)48(39)32-17-7-11-21-36(32)50/h1-27,47-50H. The van der Waals surface area contributed by atoms with Crippen LogP contribution in [0.25, 0.3) is 54.8 Å². The van der Waals surface area contributed by atoms with E-state index in [-0.39, 0.29) is 35.2 Å². The van der Waals surface area contributed by atoms with Crippen LogP contribution in [0.5, 0.6) is 0 Å². The van der Waals surface area contributed by atoms with Crippen molar-refractivity contribution < 1.29 is 9.59 Å². The fraction of sp³-hybridized carbons (Fsp3) is 0.0727. The molecule has 5 nitrogen and oxygen atoms in total. The third-order valence-electron chi connectivity index (χ3n) is 14.6. The Labute approximate surface area is 343 Å². The first-order valence-electron chi connectivity index (χ1n) is 20.8. The van der Waals surface area contributed by atoms with E-state index in [0.29, 0.717) is 0 Å². The Morgan fingerprint density at radius 1 is 0.400 bits per heavy atom. The quantitative estimate of drug-likeness (QED) is 0.167.